The number of carbonyl (C=O) groups excluding carboxylic acids is 1. The number of hydrogen-bond donors (Lipinski definition) is 1. The Kier molecular flexibility index (Phi) is 5.88. The van der Waals surface area contributed by atoms with Gasteiger partial charge in [0.05, 0.1) is 15.7 Å². The average molecular weight is 450 g/mol. The summed E-state index contributed by atoms with van der Waals surface area (Å²) in [4.78, 5) is 11.9. The first kappa shape index (κ1) is 16.6. The van der Waals surface area contributed by atoms with Crippen LogP contribution in [0.25, 0.3) is 6.08 Å². The van der Waals surface area contributed by atoms with Gasteiger partial charge < -0.3 is 5.32 Å². The minimum Gasteiger partial charge on any atom is -0.321 e. The molecule has 0 saturated heterocycles. The first-order valence-electron chi connectivity index (χ1n) is 5.85. The second-order valence-corrected chi connectivity index (χ2v) is 6.70. The number of nitrogens with one attached hydrogen (secondary N) is 1. The summed E-state index contributed by atoms with van der Waals surface area (Å²) in [5.74, 6) is -0.232. The molecule has 1 amide bonds. The van der Waals surface area contributed by atoms with E-state index in [4.69, 9.17) is 23.2 Å². The molecule has 2 nitrogen and oxygen atoms in total. The zero-order chi connectivity index (χ0) is 15.4. The van der Waals surface area contributed by atoms with Crippen LogP contribution in [-0.2, 0) is 4.79 Å². The molecule has 0 atom stereocenters. The molecule has 2 aromatic carbocycles. The third-order valence-corrected chi connectivity index (χ3v) is 4.45. The van der Waals surface area contributed by atoms with E-state index in [1.54, 1.807) is 30.3 Å². The number of rotatable bonds is 3. The van der Waals surface area contributed by atoms with Gasteiger partial charge in [0.25, 0.3) is 0 Å². The number of halogens is 4. The van der Waals surface area contributed by atoms with Gasteiger partial charge in [-0.25, -0.2) is 0 Å². The van der Waals surface area contributed by atoms with Crippen LogP contribution in [0.15, 0.2) is 51.4 Å². The molecule has 0 heterocycles. The predicted molar refractivity (Wildman–Crippen MR) is 96.0 cm³/mol. The van der Waals surface area contributed by atoms with Crippen LogP contribution in [0, 0.1) is 0 Å². The molecule has 0 radical (unpaired) electrons. The highest BCUT2D eigenvalue weighted by molar-refractivity contribution is 9.11. The third kappa shape index (κ3) is 4.85. The van der Waals surface area contributed by atoms with E-state index in [0.29, 0.717) is 15.7 Å². The predicted octanol–water partition coefficient (Wildman–Crippen LogP) is 6.17. The number of amides is 1. The van der Waals surface area contributed by atoms with Crippen molar-refractivity contribution in [2.75, 3.05) is 5.32 Å². The van der Waals surface area contributed by atoms with Crippen molar-refractivity contribution in [3.63, 3.8) is 0 Å². The fourth-order valence-electron chi connectivity index (χ4n) is 1.55. The van der Waals surface area contributed by atoms with Gasteiger partial charge in [0.15, 0.2) is 0 Å². The molecule has 2 aromatic rings. The first-order valence-corrected chi connectivity index (χ1v) is 8.19. The number of anilines is 1. The number of hydrogen-bond acceptors (Lipinski definition) is 1. The lowest BCUT2D eigenvalue weighted by Gasteiger charge is -2.05. The maximum absolute atomic E-state index is 11.9. The van der Waals surface area contributed by atoms with Gasteiger partial charge in [0.1, 0.15) is 0 Å². The first-order chi connectivity index (χ1) is 9.95. The van der Waals surface area contributed by atoms with Gasteiger partial charge in [-0.05, 0) is 57.9 Å². The Hall–Kier alpha value is -0.810. The van der Waals surface area contributed by atoms with Gasteiger partial charge in [0, 0.05) is 15.0 Å². The second-order valence-electron chi connectivity index (χ2n) is 4.12. The smallest absolute Gasteiger partial charge is 0.248 e. The van der Waals surface area contributed by atoms with E-state index in [9.17, 15) is 4.79 Å². The minimum absolute atomic E-state index is 0.232. The molecule has 108 valence electrons. The summed E-state index contributed by atoms with van der Waals surface area (Å²) in [6.07, 6.45) is 3.11. The van der Waals surface area contributed by atoms with E-state index >= 15 is 0 Å². The molecule has 0 saturated carbocycles. The summed E-state index contributed by atoms with van der Waals surface area (Å²) in [7, 11) is 0. The van der Waals surface area contributed by atoms with Crippen molar-refractivity contribution in [2.45, 2.75) is 0 Å². The molecule has 6 heteroatoms. The topological polar surface area (TPSA) is 29.1 Å². The standard InChI is InChI=1S/C15H9Br2Cl2NO/c16-10-3-5-14(11(17)8-10)20-15(21)6-2-9-1-4-12(18)13(19)7-9/h1-8H,(H,20,21). The molecule has 0 bridgehead atoms. The van der Waals surface area contributed by atoms with E-state index < -0.39 is 0 Å². The van der Waals surface area contributed by atoms with Crippen molar-refractivity contribution in [2.24, 2.45) is 0 Å². The maximum Gasteiger partial charge on any atom is 0.248 e. The molecule has 2 rings (SSSR count). The molecule has 0 fully saturated rings. The van der Waals surface area contributed by atoms with Crippen LogP contribution >= 0.6 is 55.1 Å². The van der Waals surface area contributed by atoms with Gasteiger partial charge in [-0.3, -0.25) is 4.79 Å². The largest absolute Gasteiger partial charge is 0.321 e. The van der Waals surface area contributed by atoms with Crippen LogP contribution in [0.4, 0.5) is 5.69 Å². The second kappa shape index (κ2) is 7.45. The minimum atomic E-state index is -0.232. The highest BCUT2D eigenvalue weighted by atomic mass is 79.9. The molecular weight excluding hydrogens is 441 g/mol. The Morgan fingerprint density at radius 3 is 2.48 bits per heavy atom. The third-order valence-electron chi connectivity index (χ3n) is 2.56. The molecule has 0 aliphatic heterocycles. The fraction of sp³-hybridized carbons (Fsp3) is 0. The van der Waals surface area contributed by atoms with E-state index in [2.05, 4.69) is 37.2 Å². The molecule has 0 unspecified atom stereocenters. The highest BCUT2D eigenvalue weighted by Gasteiger charge is 2.03. The number of carbonyl (C=O) groups is 1. The van der Waals surface area contributed by atoms with Crippen LogP contribution in [0.2, 0.25) is 10.0 Å². The van der Waals surface area contributed by atoms with Crippen molar-refractivity contribution in [3.8, 4) is 0 Å². The summed E-state index contributed by atoms with van der Waals surface area (Å²) in [6, 6.07) is 10.7. The molecule has 21 heavy (non-hydrogen) atoms. The van der Waals surface area contributed by atoms with Crippen LogP contribution < -0.4 is 5.32 Å². The lowest BCUT2D eigenvalue weighted by atomic mass is 10.2. The zero-order valence-electron chi connectivity index (χ0n) is 10.5. The molecule has 0 aliphatic rings. The average Bonchev–Trinajstić information content (AvgIpc) is 2.43. The van der Waals surface area contributed by atoms with Gasteiger partial charge in [-0.1, -0.05) is 45.2 Å². The Morgan fingerprint density at radius 1 is 1.05 bits per heavy atom. The van der Waals surface area contributed by atoms with Gasteiger partial charge in [0.2, 0.25) is 5.91 Å². The molecule has 0 aliphatic carbocycles. The summed E-state index contributed by atoms with van der Waals surface area (Å²) in [6.45, 7) is 0. The van der Waals surface area contributed by atoms with Crippen molar-refractivity contribution in [3.05, 3.63) is 67.0 Å². The zero-order valence-corrected chi connectivity index (χ0v) is 15.2. The van der Waals surface area contributed by atoms with Gasteiger partial charge >= 0.3 is 0 Å². The molecular formula is C15H9Br2Cl2NO. The Labute approximate surface area is 149 Å². The Balaban J connectivity index is 2.07. The van der Waals surface area contributed by atoms with Crippen molar-refractivity contribution in [1.82, 2.24) is 0 Å². The summed E-state index contributed by atoms with van der Waals surface area (Å²) in [5.41, 5.74) is 1.50. The maximum atomic E-state index is 11.9. The molecule has 0 aromatic heterocycles. The monoisotopic (exact) mass is 447 g/mol. The SMILES string of the molecule is O=C(C=Cc1ccc(Cl)c(Cl)c1)Nc1ccc(Br)cc1Br. The number of benzene rings is 2. The normalized spacial score (nSPS) is 10.9. The molecule has 1 N–H and O–H groups in total. The highest BCUT2D eigenvalue weighted by Crippen LogP contribution is 2.26. The summed E-state index contributed by atoms with van der Waals surface area (Å²) in [5, 5.41) is 3.72. The van der Waals surface area contributed by atoms with Crippen LogP contribution in [0.5, 0.6) is 0 Å². The van der Waals surface area contributed by atoms with E-state index in [-0.39, 0.29) is 5.91 Å². The lowest BCUT2D eigenvalue weighted by Crippen LogP contribution is -2.08. The van der Waals surface area contributed by atoms with E-state index in [0.717, 1.165) is 14.5 Å². The van der Waals surface area contributed by atoms with Crippen LogP contribution in [0.1, 0.15) is 5.56 Å². The fourth-order valence-corrected chi connectivity index (χ4v) is 3.01. The Bertz CT molecular complexity index is 717. The van der Waals surface area contributed by atoms with Gasteiger partial charge in [-0.15, -0.1) is 0 Å². The molecule has 0 spiro atoms. The van der Waals surface area contributed by atoms with Gasteiger partial charge in [-0.2, -0.15) is 0 Å². The Morgan fingerprint density at radius 2 is 1.81 bits per heavy atom. The summed E-state index contributed by atoms with van der Waals surface area (Å²) >= 11 is 18.5. The van der Waals surface area contributed by atoms with Crippen molar-refractivity contribution in [1.29, 1.82) is 0 Å². The van der Waals surface area contributed by atoms with Crippen LogP contribution in [-0.4, -0.2) is 5.91 Å². The van der Waals surface area contributed by atoms with E-state index in [1.807, 2.05) is 12.1 Å². The van der Waals surface area contributed by atoms with Crippen molar-refractivity contribution >= 4 is 72.7 Å². The lowest BCUT2D eigenvalue weighted by molar-refractivity contribution is -0.111. The van der Waals surface area contributed by atoms with Crippen molar-refractivity contribution < 1.29 is 4.79 Å². The van der Waals surface area contributed by atoms with Crippen LogP contribution in [0.3, 0.4) is 0 Å². The summed E-state index contributed by atoms with van der Waals surface area (Å²) < 4.78 is 1.73. The quantitative estimate of drug-likeness (QED) is 0.558. The van der Waals surface area contributed by atoms with E-state index in [1.165, 1.54) is 6.08 Å².